The SMILES string of the molecule is NCCCN(Cc1ccc(Oc2nc3ccncc3s2)cc1)CC1CC1. The second kappa shape index (κ2) is 8.12. The third-order valence-corrected chi connectivity index (χ3v) is 5.48. The summed E-state index contributed by atoms with van der Waals surface area (Å²) in [6.07, 6.45) is 7.38. The van der Waals surface area contributed by atoms with Gasteiger partial charge in [0.15, 0.2) is 0 Å². The second-order valence-electron chi connectivity index (χ2n) is 6.89. The fraction of sp³-hybridized carbons (Fsp3) is 0.400. The molecule has 136 valence electrons. The molecule has 1 aliphatic carbocycles. The van der Waals surface area contributed by atoms with Gasteiger partial charge in [-0.25, -0.2) is 4.98 Å². The van der Waals surface area contributed by atoms with Crippen molar-refractivity contribution in [2.45, 2.75) is 25.8 Å². The number of benzene rings is 1. The van der Waals surface area contributed by atoms with E-state index in [4.69, 9.17) is 10.5 Å². The van der Waals surface area contributed by atoms with Crippen LogP contribution in [0.2, 0.25) is 0 Å². The van der Waals surface area contributed by atoms with Crippen molar-refractivity contribution in [3.8, 4) is 10.9 Å². The number of rotatable bonds is 9. The zero-order valence-electron chi connectivity index (χ0n) is 14.8. The summed E-state index contributed by atoms with van der Waals surface area (Å²) >= 11 is 1.51. The summed E-state index contributed by atoms with van der Waals surface area (Å²) in [5, 5.41) is 0.652. The Bertz CT molecular complexity index is 811. The quantitative estimate of drug-likeness (QED) is 0.617. The molecule has 4 rings (SSSR count). The predicted octanol–water partition coefficient (Wildman–Crippen LogP) is 4.04. The van der Waals surface area contributed by atoms with Gasteiger partial charge in [-0.05, 0) is 62.0 Å². The van der Waals surface area contributed by atoms with Gasteiger partial charge >= 0.3 is 0 Å². The lowest BCUT2D eigenvalue weighted by Crippen LogP contribution is -2.28. The second-order valence-corrected chi connectivity index (χ2v) is 7.88. The first-order valence-corrected chi connectivity index (χ1v) is 10.0. The van der Waals surface area contributed by atoms with Crippen molar-refractivity contribution in [3.05, 3.63) is 48.3 Å². The largest absolute Gasteiger partial charge is 0.431 e. The molecule has 1 fully saturated rings. The molecule has 5 nitrogen and oxygen atoms in total. The Morgan fingerprint density at radius 1 is 1.19 bits per heavy atom. The predicted molar refractivity (Wildman–Crippen MR) is 106 cm³/mol. The third-order valence-electron chi connectivity index (χ3n) is 4.60. The van der Waals surface area contributed by atoms with Crippen molar-refractivity contribution in [1.29, 1.82) is 0 Å². The monoisotopic (exact) mass is 368 g/mol. The highest BCUT2D eigenvalue weighted by molar-refractivity contribution is 7.20. The van der Waals surface area contributed by atoms with Crippen LogP contribution in [-0.4, -0.2) is 34.5 Å². The van der Waals surface area contributed by atoms with Gasteiger partial charge in [0.05, 0.1) is 10.2 Å². The summed E-state index contributed by atoms with van der Waals surface area (Å²) in [7, 11) is 0. The highest BCUT2D eigenvalue weighted by Gasteiger charge is 2.24. The molecule has 0 radical (unpaired) electrons. The molecule has 0 unspecified atom stereocenters. The van der Waals surface area contributed by atoms with Crippen LogP contribution < -0.4 is 10.5 Å². The van der Waals surface area contributed by atoms with E-state index in [-0.39, 0.29) is 0 Å². The van der Waals surface area contributed by atoms with Crippen molar-refractivity contribution < 1.29 is 4.74 Å². The molecule has 0 bridgehead atoms. The Balaban J connectivity index is 1.38. The minimum atomic E-state index is 0.652. The van der Waals surface area contributed by atoms with Crippen LogP contribution in [-0.2, 0) is 6.54 Å². The average molecular weight is 369 g/mol. The molecule has 26 heavy (non-hydrogen) atoms. The van der Waals surface area contributed by atoms with Crippen molar-refractivity contribution in [1.82, 2.24) is 14.9 Å². The number of hydrogen-bond donors (Lipinski definition) is 1. The van der Waals surface area contributed by atoms with Crippen LogP contribution in [0.5, 0.6) is 10.9 Å². The highest BCUT2D eigenvalue weighted by Crippen LogP contribution is 2.32. The van der Waals surface area contributed by atoms with Crippen LogP contribution in [0.3, 0.4) is 0 Å². The number of hydrogen-bond acceptors (Lipinski definition) is 6. The molecule has 2 N–H and O–H groups in total. The summed E-state index contributed by atoms with van der Waals surface area (Å²) in [5.41, 5.74) is 7.92. The molecule has 1 saturated carbocycles. The van der Waals surface area contributed by atoms with Crippen LogP contribution in [0.15, 0.2) is 42.7 Å². The van der Waals surface area contributed by atoms with Crippen LogP contribution in [0.1, 0.15) is 24.8 Å². The van der Waals surface area contributed by atoms with Crippen molar-refractivity contribution >= 4 is 21.6 Å². The van der Waals surface area contributed by atoms with Crippen molar-refractivity contribution in [2.24, 2.45) is 11.7 Å². The molecule has 0 amide bonds. The van der Waals surface area contributed by atoms with Gasteiger partial charge in [-0.2, -0.15) is 0 Å². The molecular weight excluding hydrogens is 344 g/mol. The van der Waals surface area contributed by atoms with Crippen molar-refractivity contribution in [2.75, 3.05) is 19.6 Å². The molecule has 2 aromatic heterocycles. The lowest BCUT2D eigenvalue weighted by molar-refractivity contribution is 0.253. The van der Waals surface area contributed by atoms with Gasteiger partial charge in [-0.15, -0.1) is 0 Å². The fourth-order valence-corrected chi connectivity index (χ4v) is 3.84. The van der Waals surface area contributed by atoms with Gasteiger partial charge in [0.25, 0.3) is 5.19 Å². The van der Waals surface area contributed by atoms with Gasteiger partial charge in [-0.3, -0.25) is 9.88 Å². The molecule has 0 spiro atoms. The van der Waals surface area contributed by atoms with E-state index in [0.717, 1.165) is 47.9 Å². The van der Waals surface area contributed by atoms with E-state index in [0.29, 0.717) is 5.19 Å². The molecule has 1 aromatic carbocycles. The standard InChI is InChI=1S/C20H24N4OS/c21-9-1-11-24(13-15-2-3-15)14-16-4-6-17(7-5-16)25-20-23-18-8-10-22-12-19(18)26-20/h4-8,10,12,15H,1-3,9,11,13-14,21H2. The smallest absolute Gasteiger partial charge is 0.279 e. The Labute approximate surface area is 157 Å². The minimum Gasteiger partial charge on any atom is -0.431 e. The number of thiazole rings is 1. The third kappa shape index (κ3) is 4.58. The first kappa shape index (κ1) is 17.4. The summed E-state index contributed by atoms with van der Waals surface area (Å²) in [5.74, 6) is 1.71. The maximum Gasteiger partial charge on any atom is 0.279 e. The fourth-order valence-electron chi connectivity index (χ4n) is 3.04. The summed E-state index contributed by atoms with van der Waals surface area (Å²) in [6, 6.07) is 10.2. The number of nitrogens with two attached hydrogens (primary N) is 1. The van der Waals surface area contributed by atoms with E-state index in [9.17, 15) is 0 Å². The van der Waals surface area contributed by atoms with Crippen LogP contribution in [0, 0.1) is 5.92 Å². The van der Waals surface area contributed by atoms with Crippen LogP contribution in [0.25, 0.3) is 10.2 Å². The van der Waals surface area contributed by atoms with E-state index >= 15 is 0 Å². The summed E-state index contributed by atoms with van der Waals surface area (Å²) in [6.45, 7) is 4.00. The lowest BCUT2D eigenvalue weighted by Gasteiger charge is -2.22. The zero-order chi connectivity index (χ0) is 17.8. The highest BCUT2D eigenvalue weighted by atomic mass is 32.1. The van der Waals surface area contributed by atoms with Gasteiger partial charge in [0, 0.05) is 25.5 Å². The number of fused-ring (bicyclic) bond motifs is 1. The van der Waals surface area contributed by atoms with E-state index in [1.807, 2.05) is 24.4 Å². The number of ether oxygens (including phenoxy) is 1. The van der Waals surface area contributed by atoms with E-state index in [1.54, 1.807) is 6.20 Å². The van der Waals surface area contributed by atoms with Gasteiger partial charge in [-0.1, -0.05) is 23.5 Å². The van der Waals surface area contributed by atoms with E-state index in [1.165, 1.54) is 36.3 Å². The van der Waals surface area contributed by atoms with E-state index in [2.05, 4.69) is 27.0 Å². The zero-order valence-corrected chi connectivity index (χ0v) is 15.6. The molecule has 1 aliphatic rings. The van der Waals surface area contributed by atoms with Crippen LogP contribution in [0.4, 0.5) is 0 Å². The number of aromatic nitrogens is 2. The topological polar surface area (TPSA) is 64.3 Å². The Kier molecular flexibility index (Phi) is 5.43. The maximum atomic E-state index is 5.91. The summed E-state index contributed by atoms with van der Waals surface area (Å²) < 4.78 is 6.95. The minimum absolute atomic E-state index is 0.652. The Morgan fingerprint density at radius 2 is 2.04 bits per heavy atom. The molecule has 0 atom stereocenters. The lowest BCUT2D eigenvalue weighted by atomic mass is 10.2. The van der Waals surface area contributed by atoms with Crippen molar-refractivity contribution in [3.63, 3.8) is 0 Å². The van der Waals surface area contributed by atoms with Gasteiger partial charge < -0.3 is 10.5 Å². The van der Waals surface area contributed by atoms with E-state index < -0.39 is 0 Å². The first-order chi connectivity index (χ1) is 12.8. The summed E-state index contributed by atoms with van der Waals surface area (Å²) in [4.78, 5) is 11.1. The van der Waals surface area contributed by atoms with Gasteiger partial charge in [0.2, 0.25) is 0 Å². The van der Waals surface area contributed by atoms with Gasteiger partial charge in [0.1, 0.15) is 5.75 Å². The maximum absolute atomic E-state index is 5.91. The molecule has 3 aromatic rings. The molecule has 0 saturated heterocycles. The Morgan fingerprint density at radius 3 is 2.77 bits per heavy atom. The normalized spacial score (nSPS) is 14.2. The van der Waals surface area contributed by atoms with Crippen LogP contribution >= 0.6 is 11.3 Å². The number of pyridine rings is 1. The number of nitrogens with zero attached hydrogens (tertiary/aromatic N) is 3. The molecule has 0 aliphatic heterocycles. The Hall–Kier alpha value is -2.02. The molecule has 6 heteroatoms. The molecule has 2 heterocycles. The average Bonchev–Trinajstić information content (AvgIpc) is 3.38. The first-order valence-electron chi connectivity index (χ1n) is 9.20. The molecular formula is C20H24N4OS.